The number of Topliss-reactive ketones (excluding diaryl/α,β-unsaturated/α-hetero) is 2. The smallest absolute Gasteiger partial charge is 0.227 e. The Morgan fingerprint density at radius 3 is 1.24 bits per heavy atom. The molecule has 1 aliphatic rings. The maximum Gasteiger partial charge on any atom is 0.227 e. The molecule has 0 spiro atoms. The number of fused-ring (bicyclic) bond motifs is 5. The molecule has 2 unspecified atom stereocenters. The van der Waals surface area contributed by atoms with Gasteiger partial charge in [-0.25, -0.2) is 0 Å². The number of ketones is 2. The first-order valence-corrected chi connectivity index (χ1v) is 30.2. The van der Waals surface area contributed by atoms with Crippen LogP contribution in [0.15, 0.2) is 121 Å². The Kier molecular flexibility index (Phi) is 13.5. The van der Waals surface area contributed by atoms with Crippen LogP contribution in [-0.2, 0) is 24.6 Å². The molecular formula is C55H64N2O4Si2. The highest BCUT2D eigenvalue weighted by Gasteiger charge is 2.46. The Bertz CT molecular complexity index is 2510. The minimum Gasteiger partial charge on any atom is -0.326 e. The Hall–Kier alpha value is -5.45. The average Bonchev–Trinajstić information content (AvgIpc) is 3.52. The van der Waals surface area contributed by atoms with E-state index in [2.05, 4.69) is 147 Å². The van der Waals surface area contributed by atoms with Gasteiger partial charge in [0.25, 0.3) is 0 Å². The fourth-order valence-corrected chi connectivity index (χ4v) is 12.3. The summed E-state index contributed by atoms with van der Waals surface area (Å²) in [6, 6.07) is 45.2. The number of benzene rings is 6. The molecule has 1 aliphatic carbocycles. The highest BCUT2D eigenvalue weighted by molar-refractivity contribution is 6.76. The van der Waals surface area contributed by atoms with E-state index in [1.165, 1.54) is 22.3 Å². The lowest BCUT2D eigenvalue weighted by molar-refractivity contribution is -0.125. The van der Waals surface area contributed by atoms with Crippen LogP contribution in [-0.4, -0.2) is 39.5 Å². The molecule has 2 atom stereocenters. The zero-order valence-corrected chi connectivity index (χ0v) is 40.5. The highest BCUT2D eigenvalue weighted by Crippen LogP contribution is 2.56. The molecule has 0 fully saturated rings. The van der Waals surface area contributed by atoms with E-state index in [0.717, 1.165) is 69.0 Å². The van der Waals surface area contributed by atoms with E-state index in [1.807, 2.05) is 24.3 Å². The molecule has 0 radical (unpaired) electrons. The van der Waals surface area contributed by atoms with Crippen LogP contribution in [0.4, 0.5) is 11.4 Å². The second kappa shape index (κ2) is 18.7. The van der Waals surface area contributed by atoms with Crippen molar-refractivity contribution < 1.29 is 19.2 Å². The van der Waals surface area contributed by atoms with E-state index in [1.54, 1.807) is 13.8 Å². The lowest BCUT2D eigenvalue weighted by Crippen LogP contribution is -2.28. The van der Waals surface area contributed by atoms with Crippen molar-refractivity contribution in [1.82, 2.24) is 0 Å². The third kappa shape index (κ3) is 10.5. The van der Waals surface area contributed by atoms with Crippen LogP contribution in [0.3, 0.4) is 0 Å². The molecule has 7 rings (SSSR count). The van der Waals surface area contributed by atoms with Gasteiger partial charge in [-0.05, 0) is 118 Å². The van der Waals surface area contributed by atoms with Crippen LogP contribution in [0, 0.1) is 11.8 Å². The highest BCUT2D eigenvalue weighted by atomic mass is 28.3. The molecule has 0 saturated heterocycles. The largest absolute Gasteiger partial charge is 0.326 e. The van der Waals surface area contributed by atoms with Crippen LogP contribution in [0.25, 0.3) is 32.7 Å². The van der Waals surface area contributed by atoms with E-state index in [-0.39, 0.29) is 48.1 Å². The van der Waals surface area contributed by atoms with Crippen molar-refractivity contribution in [2.24, 2.45) is 11.8 Å². The van der Waals surface area contributed by atoms with Crippen LogP contribution in [0.5, 0.6) is 0 Å². The van der Waals surface area contributed by atoms with E-state index in [9.17, 15) is 19.2 Å². The van der Waals surface area contributed by atoms with E-state index >= 15 is 0 Å². The van der Waals surface area contributed by atoms with Crippen molar-refractivity contribution in [3.8, 4) is 11.1 Å². The first kappa shape index (κ1) is 45.6. The standard InChI is InChI=1S/C55H64N2O4Si2/c1-37(58)31-43(15-13-29-62(3,4)5)53(60)56-47-27-23-39-33-45(25-21-41(39)35-47)55(51-19-11-9-17-49(51)50-18-10-12-20-52(50)55)46-26-22-42-36-48(28-24-40(42)34-46)57-54(61)44(32-38(2)59)16-14-30-63(6,7)8/h9-12,17-28,33-36,43-44H,13-16,29-32H2,1-8H3,(H,56,60)(H,57,61). The molecule has 326 valence electrons. The average molecular weight is 873 g/mol. The minimum atomic E-state index is -1.25. The quantitative estimate of drug-likeness (QED) is 0.0840. The van der Waals surface area contributed by atoms with Crippen LogP contribution < -0.4 is 10.6 Å². The van der Waals surface area contributed by atoms with Gasteiger partial charge in [0.05, 0.1) is 5.41 Å². The van der Waals surface area contributed by atoms with Gasteiger partial charge < -0.3 is 20.2 Å². The first-order valence-electron chi connectivity index (χ1n) is 22.8. The summed E-state index contributed by atoms with van der Waals surface area (Å²) < 4.78 is 0. The van der Waals surface area contributed by atoms with Crippen molar-refractivity contribution in [2.75, 3.05) is 10.6 Å². The van der Waals surface area contributed by atoms with Gasteiger partial charge in [0.1, 0.15) is 11.6 Å². The normalized spacial score (nSPS) is 14.2. The van der Waals surface area contributed by atoms with Gasteiger partial charge in [-0.2, -0.15) is 0 Å². The second-order valence-electron chi connectivity index (χ2n) is 20.5. The number of anilines is 2. The van der Waals surface area contributed by atoms with Crippen molar-refractivity contribution in [1.29, 1.82) is 0 Å². The van der Waals surface area contributed by atoms with Gasteiger partial charge in [0, 0.05) is 52.2 Å². The molecule has 2 amide bonds. The molecule has 2 N–H and O–H groups in total. The summed E-state index contributed by atoms with van der Waals surface area (Å²) in [6.07, 6.45) is 3.85. The maximum absolute atomic E-state index is 13.6. The first-order chi connectivity index (χ1) is 29.9. The second-order valence-corrected chi connectivity index (χ2v) is 31.7. The molecule has 63 heavy (non-hydrogen) atoms. The molecule has 6 aromatic rings. The Morgan fingerprint density at radius 1 is 0.492 bits per heavy atom. The molecule has 6 aromatic carbocycles. The summed E-state index contributed by atoms with van der Waals surface area (Å²) in [5, 5.41) is 10.5. The Labute approximate surface area is 376 Å². The predicted octanol–water partition coefficient (Wildman–Crippen LogP) is 13.7. The van der Waals surface area contributed by atoms with Crippen molar-refractivity contribution in [3.05, 3.63) is 144 Å². The molecule has 0 bridgehead atoms. The molecule has 0 aromatic heterocycles. The predicted molar refractivity (Wildman–Crippen MR) is 268 cm³/mol. The maximum atomic E-state index is 13.6. The molecule has 0 aliphatic heterocycles. The summed E-state index contributed by atoms with van der Waals surface area (Å²) in [4.78, 5) is 51.6. The lowest BCUT2D eigenvalue weighted by atomic mass is 9.67. The third-order valence-electron chi connectivity index (χ3n) is 12.8. The van der Waals surface area contributed by atoms with Crippen LogP contribution in [0.1, 0.15) is 74.6 Å². The fraction of sp³-hybridized carbons (Fsp3) is 0.345. The van der Waals surface area contributed by atoms with Crippen molar-refractivity contribution in [2.45, 2.75) is 109 Å². The molecule has 6 nitrogen and oxygen atoms in total. The van der Waals surface area contributed by atoms with Crippen molar-refractivity contribution >= 4 is 72.4 Å². The summed E-state index contributed by atoms with van der Waals surface area (Å²) in [5.74, 6) is -0.790. The number of carbonyl (C=O) groups excluding carboxylic acids is 4. The van der Waals surface area contributed by atoms with Gasteiger partial charge in [-0.1, -0.05) is 149 Å². The minimum absolute atomic E-state index is 0.0387. The van der Waals surface area contributed by atoms with Gasteiger partial charge >= 0.3 is 0 Å². The van der Waals surface area contributed by atoms with Gasteiger partial charge in [0.15, 0.2) is 0 Å². The monoisotopic (exact) mass is 872 g/mol. The number of hydrogen-bond acceptors (Lipinski definition) is 4. The molecule has 0 heterocycles. The van der Waals surface area contributed by atoms with Crippen LogP contribution in [0.2, 0.25) is 51.4 Å². The summed E-state index contributed by atoms with van der Waals surface area (Å²) in [5.41, 5.74) is 7.96. The molecule has 0 saturated carbocycles. The van der Waals surface area contributed by atoms with E-state index in [0.29, 0.717) is 12.8 Å². The van der Waals surface area contributed by atoms with Gasteiger partial charge in [-0.3, -0.25) is 9.59 Å². The zero-order valence-electron chi connectivity index (χ0n) is 38.5. The Morgan fingerprint density at radius 2 is 0.857 bits per heavy atom. The van der Waals surface area contributed by atoms with Gasteiger partial charge in [0.2, 0.25) is 11.8 Å². The SMILES string of the molecule is CC(=O)CC(CCC[Si](C)(C)C)C(=O)Nc1ccc2cc(C3(c4ccc5cc(NC(=O)C(CCC[Si](C)(C)C)CC(C)=O)ccc5c4)c4ccccc4-c4ccccc43)ccc2c1. The Balaban J connectivity index is 1.22. The fourth-order valence-electron chi connectivity index (χ4n) is 9.73. The third-order valence-corrected chi connectivity index (χ3v) is 16.5. The topological polar surface area (TPSA) is 92.3 Å². The number of rotatable bonds is 18. The molecule has 8 heteroatoms. The summed E-state index contributed by atoms with van der Waals surface area (Å²) in [6.45, 7) is 17.2. The number of amides is 2. The summed E-state index contributed by atoms with van der Waals surface area (Å²) >= 11 is 0. The number of carbonyl (C=O) groups is 4. The van der Waals surface area contributed by atoms with Gasteiger partial charge in [-0.15, -0.1) is 0 Å². The van der Waals surface area contributed by atoms with E-state index < -0.39 is 21.6 Å². The molecular weight excluding hydrogens is 809 g/mol. The van der Waals surface area contributed by atoms with Crippen molar-refractivity contribution in [3.63, 3.8) is 0 Å². The van der Waals surface area contributed by atoms with Crippen LogP contribution >= 0.6 is 0 Å². The summed E-state index contributed by atoms with van der Waals surface area (Å²) in [7, 11) is -2.51. The number of nitrogens with one attached hydrogen (secondary N) is 2. The zero-order chi connectivity index (χ0) is 45.1. The number of hydrogen-bond donors (Lipinski definition) is 2. The van der Waals surface area contributed by atoms with E-state index in [4.69, 9.17) is 0 Å². The lowest BCUT2D eigenvalue weighted by Gasteiger charge is -2.34.